The monoisotopic (exact) mass is 321 g/mol. The van der Waals surface area contributed by atoms with Gasteiger partial charge in [-0.15, -0.1) is 11.3 Å². The molecule has 4 heteroatoms. The van der Waals surface area contributed by atoms with Crippen LogP contribution in [0.5, 0.6) is 0 Å². The summed E-state index contributed by atoms with van der Waals surface area (Å²) in [5, 5.41) is 3.14. The van der Waals surface area contributed by atoms with Crippen LogP contribution in [0.3, 0.4) is 0 Å². The lowest BCUT2D eigenvalue weighted by Crippen LogP contribution is -2.39. The molecule has 0 spiro atoms. The molecule has 22 heavy (non-hydrogen) atoms. The Bertz CT molecular complexity index is 539. The van der Waals surface area contributed by atoms with Crippen LogP contribution in [0, 0.1) is 11.3 Å². The highest BCUT2D eigenvalue weighted by atomic mass is 32.1. The van der Waals surface area contributed by atoms with Gasteiger partial charge < -0.3 is 5.32 Å². The number of ketones is 1. The molecule has 1 aromatic heterocycles. The molecule has 1 amide bonds. The van der Waals surface area contributed by atoms with Crippen LogP contribution in [-0.4, -0.2) is 17.7 Å². The standard InChI is InChI=1S/C18H27NO2S/c1-5-18(3,4)13-6-8-14(9-7-13)19-17(21)16-11-10-15(22-16)12(2)20/h10-11,13-14H,5-9H2,1-4H3,(H,19,21). The van der Waals surface area contributed by atoms with Crippen molar-refractivity contribution in [1.29, 1.82) is 0 Å². The molecule has 1 fully saturated rings. The van der Waals surface area contributed by atoms with E-state index in [2.05, 4.69) is 26.1 Å². The van der Waals surface area contributed by atoms with Gasteiger partial charge in [0.15, 0.2) is 5.78 Å². The van der Waals surface area contributed by atoms with Crippen molar-refractivity contribution in [3.05, 3.63) is 21.9 Å². The lowest BCUT2D eigenvalue weighted by molar-refractivity contribution is 0.0897. The summed E-state index contributed by atoms with van der Waals surface area (Å²) in [5.74, 6) is 0.749. The minimum absolute atomic E-state index is 0.0198. The number of carbonyl (C=O) groups is 2. The predicted octanol–water partition coefficient (Wildman–Crippen LogP) is 4.68. The number of amides is 1. The second kappa shape index (κ2) is 6.95. The van der Waals surface area contributed by atoms with Gasteiger partial charge >= 0.3 is 0 Å². The molecule has 0 unspecified atom stereocenters. The summed E-state index contributed by atoms with van der Waals surface area (Å²) in [5.41, 5.74) is 0.402. The van der Waals surface area contributed by atoms with Crippen LogP contribution in [0.25, 0.3) is 0 Å². The molecule has 1 aliphatic rings. The zero-order valence-corrected chi connectivity index (χ0v) is 14.9. The average Bonchev–Trinajstić information content (AvgIpc) is 2.98. The maximum absolute atomic E-state index is 12.3. The van der Waals surface area contributed by atoms with E-state index in [0.29, 0.717) is 15.2 Å². The number of Topliss-reactive ketones (excluding diaryl/α,β-unsaturated/α-hetero) is 1. The number of thiophene rings is 1. The van der Waals surface area contributed by atoms with Crippen LogP contribution in [0.1, 0.15) is 79.1 Å². The van der Waals surface area contributed by atoms with Crippen molar-refractivity contribution in [3.63, 3.8) is 0 Å². The Hall–Kier alpha value is -1.16. The zero-order valence-electron chi connectivity index (χ0n) is 14.1. The van der Waals surface area contributed by atoms with Crippen molar-refractivity contribution in [1.82, 2.24) is 5.32 Å². The molecule has 0 radical (unpaired) electrons. The summed E-state index contributed by atoms with van der Waals surface area (Å²) < 4.78 is 0. The Balaban J connectivity index is 1.87. The van der Waals surface area contributed by atoms with E-state index >= 15 is 0 Å². The molecular weight excluding hydrogens is 294 g/mol. The number of hydrogen-bond donors (Lipinski definition) is 1. The van der Waals surface area contributed by atoms with Crippen molar-refractivity contribution >= 4 is 23.0 Å². The molecule has 2 rings (SSSR count). The zero-order chi connectivity index (χ0) is 16.3. The first-order chi connectivity index (χ1) is 10.3. The first kappa shape index (κ1) is 17.2. The van der Waals surface area contributed by atoms with Gasteiger partial charge in [-0.25, -0.2) is 0 Å². The Kier molecular flexibility index (Phi) is 5.43. The molecule has 1 N–H and O–H groups in total. The number of hydrogen-bond acceptors (Lipinski definition) is 3. The van der Waals surface area contributed by atoms with E-state index in [0.717, 1.165) is 18.8 Å². The van der Waals surface area contributed by atoms with Crippen LogP contribution < -0.4 is 5.32 Å². The van der Waals surface area contributed by atoms with Gasteiger partial charge in [0.1, 0.15) is 0 Å². The summed E-state index contributed by atoms with van der Waals surface area (Å²) in [6.07, 6.45) is 5.71. The highest BCUT2D eigenvalue weighted by Gasteiger charge is 2.32. The number of nitrogens with one attached hydrogen (secondary N) is 1. The molecule has 0 bridgehead atoms. The van der Waals surface area contributed by atoms with E-state index in [1.165, 1.54) is 37.5 Å². The average molecular weight is 321 g/mol. The molecule has 0 aliphatic heterocycles. The van der Waals surface area contributed by atoms with E-state index in [1.807, 2.05) is 0 Å². The van der Waals surface area contributed by atoms with Crippen LogP contribution in [0.15, 0.2) is 12.1 Å². The fourth-order valence-corrected chi connectivity index (χ4v) is 4.02. The topological polar surface area (TPSA) is 46.2 Å². The van der Waals surface area contributed by atoms with Crippen molar-refractivity contribution in [2.24, 2.45) is 11.3 Å². The molecule has 0 saturated heterocycles. The van der Waals surface area contributed by atoms with Gasteiger partial charge in [0.05, 0.1) is 9.75 Å². The van der Waals surface area contributed by atoms with E-state index in [-0.39, 0.29) is 17.7 Å². The fraction of sp³-hybridized carbons (Fsp3) is 0.667. The van der Waals surface area contributed by atoms with E-state index in [1.54, 1.807) is 12.1 Å². The van der Waals surface area contributed by atoms with Gasteiger partial charge in [-0.1, -0.05) is 27.2 Å². The lowest BCUT2D eigenvalue weighted by Gasteiger charge is -2.39. The minimum atomic E-state index is -0.0318. The van der Waals surface area contributed by atoms with Crippen molar-refractivity contribution in [2.45, 2.75) is 65.8 Å². The number of rotatable bonds is 5. The second-order valence-corrected chi connectivity index (χ2v) is 8.17. The Morgan fingerprint density at radius 3 is 2.27 bits per heavy atom. The van der Waals surface area contributed by atoms with Crippen molar-refractivity contribution < 1.29 is 9.59 Å². The summed E-state index contributed by atoms with van der Waals surface area (Å²) in [6.45, 7) is 8.50. The first-order valence-electron chi connectivity index (χ1n) is 8.25. The van der Waals surface area contributed by atoms with Crippen LogP contribution >= 0.6 is 11.3 Å². The lowest BCUT2D eigenvalue weighted by atomic mass is 9.69. The second-order valence-electron chi connectivity index (χ2n) is 7.08. The van der Waals surface area contributed by atoms with E-state index < -0.39 is 0 Å². The van der Waals surface area contributed by atoms with Gasteiger partial charge in [0, 0.05) is 6.04 Å². The first-order valence-corrected chi connectivity index (χ1v) is 9.06. The third-order valence-electron chi connectivity index (χ3n) is 5.26. The van der Waals surface area contributed by atoms with Gasteiger partial charge in [0.2, 0.25) is 0 Å². The molecule has 122 valence electrons. The third-order valence-corrected chi connectivity index (χ3v) is 6.44. The summed E-state index contributed by atoms with van der Waals surface area (Å²) in [4.78, 5) is 24.9. The molecule has 1 saturated carbocycles. The minimum Gasteiger partial charge on any atom is -0.349 e. The largest absolute Gasteiger partial charge is 0.349 e. The fourth-order valence-electron chi connectivity index (χ4n) is 3.21. The molecule has 1 aromatic rings. The SMILES string of the molecule is CCC(C)(C)C1CCC(NC(=O)c2ccc(C(C)=O)s2)CC1. The molecule has 0 aromatic carbocycles. The van der Waals surface area contributed by atoms with Gasteiger partial charge in [0.25, 0.3) is 5.91 Å². The maximum atomic E-state index is 12.3. The molecular formula is C18H27NO2S. The highest BCUT2D eigenvalue weighted by Crippen LogP contribution is 2.40. The van der Waals surface area contributed by atoms with Crippen LogP contribution in [0.4, 0.5) is 0 Å². The quantitative estimate of drug-likeness (QED) is 0.801. The summed E-state index contributed by atoms with van der Waals surface area (Å²) in [6, 6.07) is 3.77. The van der Waals surface area contributed by atoms with Crippen molar-refractivity contribution in [2.75, 3.05) is 0 Å². The van der Waals surface area contributed by atoms with Gasteiger partial charge in [-0.3, -0.25) is 9.59 Å². The van der Waals surface area contributed by atoms with E-state index in [9.17, 15) is 9.59 Å². The Labute approximate surface area is 137 Å². The predicted molar refractivity (Wildman–Crippen MR) is 91.6 cm³/mol. The molecule has 3 nitrogen and oxygen atoms in total. The third kappa shape index (κ3) is 3.97. The normalized spacial score (nSPS) is 22.4. The van der Waals surface area contributed by atoms with E-state index in [4.69, 9.17) is 0 Å². The number of carbonyl (C=O) groups excluding carboxylic acids is 2. The summed E-state index contributed by atoms with van der Waals surface area (Å²) >= 11 is 1.28. The van der Waals surface area contributed by atoms with Crippen LogP contribution in [0.2, 0.25) is 0 Å². The van der Waals surface area contributed by atoms with Gasteiger partial charge in [-0.05, 0) is 56.1 Å². The maximum Gasteiger partial charge on any atom is 0.261 e. The van der Waals surface area contributed by atoms with Gasteiger partial charge in [-0.2, -0.15) is 0 Å². The Morgan fingerprint density at radius 2 is 1.77 bits per heavy atom. The Morgan fingerprint density at radius 1 is 1.18 bits per heavy atom. The highest BCUT2D eigenvalue weighted by molar-refractivity contribution is 7.15. The molecule has 1 heterocycles. The summed E-state index contributed by atoms with van der Waals surface area (Å²) in [7, 11) is 0. The van der Waals surface area contributed by atoms with Crippen LogP contribution in [-0.2, 0) is 0 Å². The molecule has 1 aliphatic carbocycles. The smallest absolute Gasteiger partial charge is 0.261 e. The van der Waals surface area contributed by atoms with Crippen molar-refractivity contribution in [3.8, 4) is 0 Å². The molecule has 0 atom stereocenters.